The van der Waals surface area contributed by atoms with E-state index in [9.17, 15) is 19.8 Å². The minimum Gasteiger partial charge on any atom is -0.506 e. The fourth-order valence-electron chi connectivity index (χ4n) is 7.00. The van der Waals surface area contributed by atoms with Gasteiger partial charge in [0.2, 0.25) is 5.91 Å². The van der Waals surface area contributed by atoms with Crippen LogP contribution in [-0.2, 0) is 14.9 Å². The van der Waals surface area contributed by atoms with Gasteiger partial charge in [-0.15, -0.1) is 0 Å². The maximum absolute atomic E-state index is 13.6. The molecule has 10 heteroatoms. The number of carbonyl (C=O) groups excluding carboxylic acids is 1. The summed E-state index contributed by atoms with van der Waals surface area (Å²) in [5.41, 5.74) is 1.38. The topological polar surface area (TPSA) is 118 Å². The lowest BCUT2D eigenvalue weighted by atomic mass is 9.82. The first kappa shape index (κ1) is 34.6. The molecule has 1 amide bonds. The van der Waals surface area contributed by atoms with Crippen molar-refractivity contribution in [2.75, 3.05) is 52.4 Å². The average molecular weight is 653 g/mol. The minimum absolute atomic E-state index is 0.0254. The Bertz CT molecular complexity index is 1460. The third-order valence-corrected chi connectivity index (χ3v) is 10.9. The van der Waals surface area contributed by atoms with E-state index in [1.807, 2.05) is 32.0 Å². The van der Waals surface area contributed by atoms with E-state index in [1.54, 1.807) is 6.07 Å². The maximum atomic E-state index is 13.6. The van der Waals surface area contributed by atoms with E-state index >= 15 is 0 Å². The summed E-state index contributed by atoms with van der Waals surface area (Å²) in [6, 6.07) is 13.3. The normalized spacial score (nSPS) is 17.9. The number of morpholine rings is 1. The molecule has 5 rings (SSSR count). The van der Waals surface area contributed by atoms with Crippen molar-refractivity contribution < 1.29 is 19.7 Å². The number of aromatic nitrogens is 1. The number of aromatic hydroxyl groups is 1. The van der Waals surface area contributed by atoms with Crippen LogP contribution in [0.15, 0.2) is 47.3 Å². The summed E-state index contributed by atoms with van der Waals surface area (Å²) in [6.07, 6.45) is 9.70. The van der Waals surface area contributed by atoms with Crippen molar-refractivity contribution in [3.05, 3.63) is 63.3 Å². The number of fused-ring (bicyclic) bond motifs is 1. The Hall–Kier alpha value is -2.76. The fraction of sp³-hybridized carbons (Fsp3) is 0.611. The second-order valence-corrected chi connectivity index (χ2v) is 14.7. The second-order valence-electron chi connectivity index (χ2n) is 13.7. The molecule has 2 fully saturated rings. The summed E-state index contributed by atoms with van der Waals surface area (Å²) < 4.78 is 6.97. The Morgan fingerprint density at radius 3 is 2.46 bits per heavy atom. The smallest absolute Gasteiger partial charge is 0.305 e. The Balaban J connectivity index is 0.902. The van der Waals surface area contributed by atoms with Gasteiger partial charge < -0.3 is 35.1 Å². The molecule has 2 saturated heterocycles. The van der Waals surface area contributed by atoms with Crippen LogP contribution in [-0.4, -0.2) is 88.9 Å². The lowest BCUT2D eigenvalue weighted by molar-refractivity contribution is -0.163. The lowest BCUT2D eigenvalue weighted by Crippen LogP contribution is -2.60. The number of carbonyl (C=O) groups is 1. The van der Waals surface area contributed by atoms with Crippen LogP contribution in [0.3, 0.4) is 0 Å². The number of ether oxygens (including phenoxy) is 1. The van der Waals surface area contributed by atoms with Crippen LogP contribution >= 0.6 is 11.3 Å². The van der Waals surface area contributed by atoms with Crippen LogP contribution in [0.5, 0.6) is 5.75 Å². The van der Waals surface area contributed by atoms with Crippen molar-refractivity contribution in [1.29, 1.82) is 0 Å². The fourth-order valence-corrected chi connectivity index (χ4v) is 7.92. The number of H-pyrrole nitrogens is 1. The summed E-state index contributed by atoms with van der Waals surface area (Å²) in [5, 5.41) is 23.9. The Morgan fingerprint density at radius 2 is 1.72 bits per heavy atom. The number of phenolic OH excluding ortho intramolecular Hbond substituents is 1. The van der Waals surface area contributed by atoms with Crippen molar-refractivity contribution in [2.24, 2.45) is 0 Å². The summed E-state index contributed by atoms with van der Waals surface area (Å²) >= 11 is 1.01. The molecule has 2 aliphatic rings. The van der Waals surface area contributed by atoms with Crippen molar-refractivity contribution in [3.63, 3.8) is 0 Å². The molecule has 0 radical (unpaired) electrons. The Kier molecular flexibility index (Phi) is 11.9. The van der Waals surface area contributed by atoms with Gasteiger partial charge in [0.25, 0.3) is 0 Å². The molecule has 1 aromatic heterocycles. The SMILES string of the molecule is CC(C)(C(=O)N1CCOC2(CCN(CCCCCCCCCNCC(O)c3ccc(O)c4[nH]c(=O)sc34)CC2)C1)c1ccccc1. The zero-order valence-electron chi connectivity index (χ0n) is 27.6. The number of aromatic amines is 1. The van der Waals surface area contributed by atoms with Crippen LogP contribution in [0.1, 0.15) is 88.9 Å². The van der Waals surface area contributed by atoms with Gasteiger partial charge in [0, 0.05) is 38.3 Å². The highest BCUT2D eigenvalue weighted by molar-refractivity contribution is 7.16. The number of unbranched alkanes of at least 4 members (excludes halogenated alkanes) is 6. The number of nitrogens with zero attached hydrogens (tertiary/aromatic N) is 2. The predicted molar refractivity (Wildman–Crippen MR) is 185 cm³/mol. The average Bonchev–Trinajstić information content (AvgIpc) is 3.47. The molecule has 3 heterocycles. The highest BCUT2D eigenvalue weighted by Gasteiger charge is 2.43. The van der Waals surface area contributed by atoms with Gasteiger partial charge >= 0.3 is 4.87 Å². The molecule has 9 nitrogen and oxygen atoms in total. The second kappa shape index (κ2) is 15.9. The molecular weight excluding hydrogens is 600 g/mol. The monoisotopic (exact) mass is 652 g/mol. The largest absolute Gasteiger partial charge is 0.506 e. The number of nitrogens with one attached hydrogen (secondary N) is 2. The zero-order valence-corrected chi connectivity index (χ0v) is 28.4. The number of rotatable bonds is 15. The van der Waals surface area contributed by atoms with Gasteiger partial charge in [0.05, 0.1) is 28.4 Å². The highest BCUT2D eigenvalue weighted by atomic mass is 32.1. The van der Waals surface area contributed by atoms with E-state index in [0.717, 1.165) is 62.3 Å². The van der Waals surface area contributed by atoms with Crippen LogP contribution in [0, 0.1) is 0 Å². The Morgan fingerprint density at radius 1 is 1.02 bits per heavy atom. The number of piperidine rings is 1. The number of hydrogen-bond acceptors (Lipinski definition) is 8. The van der Waals surface area contributed by atoms with Gasteiger partial charge in [0.1, 0.15) is 11.3 Å². The molecule has 1 unspecified atom stereocenters. The molecule has 0 saturated carbocycles. The van der Waals surface area contributed by atoms with Gasteiger partial charge in [-0.05, 0) is 64.3 Å². The first-order valence-corrected chi connectivity index (χ1v) is 17.9. The quantitative estimate of drug-likeness (QED) is 0.164. The summed E-state index contributed by atoms with van der Waals surface area (Å²) in [4.78, 5) is 32.3. The number of amides is 1. The molecule has 46 heavy (non-hydrogen) atoms. The third-order valence-electron chi connectivity index (χ3n) is 9.95. The summed E-state index contributed by atoms with van der Waals surface area (Å²) in [5.74, 6) is 0.224. The number of aliphatic hydroxyl groups is 1. The molecule has 1 atom stereocenters. The molecule has 0 aliphatic carbocycles. The van der Waals surface area contributed by atoms with E-state index in [2.05, 4.69) is 32.2 Å². The maximum Gasteiger partial charge on any atom is 0.305 e. The first-order chi connectivity index (χ1) is 22.2. The van der Waals surface area contributed by atoms with Crippen molar-refractivity contribution in [3.8, 4) is 5.75 Å². The van der Waals surface area contributed by atoms with E-state index in [4.69, 9.17) is 4.74 Å². The molecule has 2 aromatic carbocycles. The summed E-state index contributed by atoms with van der Waals surface area (Å²) in [7, 11) is 0. The van der Waals surface area contributed by atoms with Crippen molar-refractivity contribution in [1.82, 2.24) is 20.1 Å². The van der Waals surface area contributed by atoms with Gasteiger partial charge in [-0.1, -0.05) is 79.8 Å². The number of likely N-dealkylation sites (tertiary alicyclic amines) is 1. The van der Waals surface area contributed by atoms with E-state index in [-0.39, 0.29) is 22.1 Å². The number of aliphatic hydroxyl groups excluding tert-OH is 1. The summed E-state index contributed by atoms with van der Waals surface area (Å²) in [6.45, 7) is 10.5. The van der Waals surface area contributed by atoms with Crippen molar-refractivity contribution in [2.45, 2.75) is 88.8 Å². The molecule has 252 valence electrons. The number of hydrogen-bond donors (Lipinski definition) is 4. The first-order valence-electron chi connectivity index (χ1n) is 17.1. The number of thiazole rings is 1. The number of benzene rings is 2. The molecular formula is C36H52N4O5S. The Labute approximate surface area is 277 Å². The number of phenols is 1. The molecule has 0 bridgehead atoms. The molecule has 2 aliphatic heterocycles. The van der Waals surface area contributed by atoms with Gasteiger partial charge in [-0.3, -0.25) is 9.59 Å². The predicted octanol–water partition coefficient (Wildman–Crippen LogP) is 5.32. The lowest BCUT2D eigenvalue weighted by Gasteiger charge is -2.48. The van der Waals surface area contributed by atoms with Gasteiger partial charge in [-0.2, -0.15) is 0 Å². The van der Waals surface area contributed by atoms with Gasteiger partial charge in [0.15, 0.2) is 0 Å². The van der Waals surface area contributed by atoms with Crippen LogP contribution < -0.4 is 10.2 Å². The molecule has 3 aromatic rings. The van der Waals surface area contributed by atoms with Crippen LogP contribution in [0.2, 0.25) is 0 Å². The van der Waals surface area contributed by atoms with E-state index < -0.39 is 11.5 Å². The minimum atomic E-state index is -0.730. The van der Waals surface area contributed by atoms with Crippen molar-refractivity contribution >= 4 is 27.5 Å². The third kappa shape index (κ3) is 8.58. The molecule has 4 N–H and O–H groups in total. The van der Waals surface area contributed by atoms with E-state index in [0.29, 0.717) is 42.0 Å². The van der Waals surface area contributed by atoms with Crippen LogP contribution in [0.4, 0.5) is 0 Å². The van der Waals surface area contributed by atoms with Crippen LogP contribution in [0.25, 0.3) is 10.2 Å². The molecule has 1 spiro atoms. The standard InChI is InChI=1S/C36H52N4O5S/c1-35(2,27-13-9-8-10-14-27)33(43)40-23-24-45-36(26-40)17-21-39(22-18-36)20-12-7-5-3-4-6-11-19-37-25-30(42)28-15-16-29(41)31-32(28)46-34(44)38-31/h8-10,13-16,30,37,41-42H,3-7,11-12,17-26H2,1-2H3,(H,38,44). The van der Waals surface area contributed by atoms with E-state index in [1.165, 1.54) is 44.6 Å². The highest BCUT2D eigenvalue weighted by Crippen LogP contribution is 2.34. The zero-order chi connectivity index (χ0) is 32.6. The van der Waals surface area contributed by atoms with Gasteiger partial charge in [-0.25, -0.2) is 0 Å².